The smallest absolute Gasteiger partial charge is 0.263 e. The van der Waals surface area contributed by atoms with Crippen LogP contribution in [0.4, 0.5) is 0 Å². The van der Waals surface area contributed by atoms with Crippen molar-refractivity contribution in [1.29, 1.82) is 0 Å². The molecule has 4 heteroatoms. The molecule has 1 saturated heterocycles. The van der Waals surface area contributed by atoms with E-state index in [1.54, 1.807) is 0 Å². The number of hydrogen-bond donors (Lipinski definition) is 1. The van der Waals surface area contributed by atoms with Crippen molar-refractivity contribution in [3.63, 3.8) is 0 Å². The zero-order chi connectivity index (χ0) is 18.7. The van der Waals surface area contributed by atoms with Gasteiger partial charge in [0, 0.05) is 19.1 Å². The average Bonchev–Trinajstić information content (AvgIpc) is 3.44. The molecule has 1 saturated carbocycles. The molecule has 2 aliphatic rings. The molecule has 144 valence electrons. The Morgan fingerprint density at radius 1 is 1.19 bits per heavy atom. The van der Waals surface area contributed by atoms with Gasteiger partial charge in [0.1, 0.15) is 5.75 Å². The molecule has 3 rings (SSSR count). The third-order valence-corrected chi connectivity index (χ3v) is 5.64. The Morgan fingerprint density at radius 3 is 2.50 bits per heavy atom. The van der Waals surface area contributed by atoms with Crippen molar-refractivity contribution >= 4 is 5.91 Å². The highest BCUT2D eigenvalue weighted by molar-refractivity contribution is 5.81. The zero-order valence-electron chi connectivity index (χ0n) is 16.8. The van der Waals surface area contributed by atoms with Gasteiger partial charge >= 0.3 is 0 Å². The first-order valence-corrected chi connectivity index (χ1v) is 10.2. The van der Waals surface area contributed by atoms with Gasteiger partial charge in [-0.3, -0.25) is 4.79 Å². The Bertz CT molecular complexity index is 617. The molecule has 1 heterocycles. The molecule has 1 unspecified atom stereocenters. The fourth-order valence-electron chi connectivity index (χ4n) is 3.68. The van der Waals surface area contributed by atoms with Gasteiger partial charge in [-0.05, 0) is 75.1 Å². The number of likely N-dealkylation sites (tertiary alicyclic amines) is 1. The summed E-state index contributed by atoms with van der Waals surface area (Å²) in [5.74, 6) is 2.25. The first-order chi connectivity index (χ1) is 12.4. The quantitative estimate of drug-likeness (QED) is 0.804. The van der Waals surface area contributed by atoms with Crippen LogP contribution in [0.3, 0.4) is 0 Å². The van der Waals surface area contributed by atoms with Crippen molar-refractivity contribution in [2.75, 3.05) is 19.6 Å². The largest absolute Gasteiger partial charge is 0.481 e. The normalized spacial score (nSPS) is 19.7. The minimum atomic E-state index is -0.440. The first-order valence-electron chi connectivity index (χ1n) is 10.2. The Hall–Kier alpha value is -1.55. The van der Waals surface area contributed by atoms with Gasteiger partial charge < -0.3 is 15.0 Å². The van der Waals surface area contributed by atoms with Gasteiger partial charge in [-0.2, -0.15) is 0 Å². The second-order valence-electron chi connectivity index (χ2n) is 8.41. The minimum absolute atomic E-state index is 0.113. The topological polar surface area (TPSA) is 41.6 Å². The fourth-order valence-corrected chi connectivity index (χ4v) is 3.68. The van der Waals surface area contributed by atoms with Gasteiger partial charge in [0.15, 0.2) is 6.10 Å². The molecule has 4 nitrogen and oxygen atoms in total. The van der Waals surface area contributed by atoms with E-state index in [2.05, 4.69) is 38.2 Å². The van der Waals surface area contributed by atoms with E-state index in [0.29, 0.717) is 12.0 Å². The maximum atomic E-state index is 12.8. The van der Waals surface area contributed by atoms with Crippen LogP contribution < -0.4 is 10.1 Å². The predicted octanol–water partition coefficient (Wildman–Crippen LogP) is 3.88. The zero-order valence-corrected chi connectivity index (χ0v) is 16.8. The van der Waals surface area contributed by atoms with Crippen LogP contribution in [0.15, 0.2) is 18.2 Å². The van der Waals surface area contributed by atoms with Crippen molar-refractivity contribution in [3.8, 4) is 5.75 Å². The summed E-state index contributed by atoms with van der Waals surface area (Å²) in [5, 5.41) is 3.67. The minimum Gasteiger partial charge on any atom is -0.481 e. The summed E-state index contributed by atoms with van der Waals surface area (Å²) in [4.78, 5) is 14.8. The highest BCUT2D eigenvalue weighted by atomic mass is 16.5. The highest BCUT2D eigenvalue weighted by Gasteiger charge is 2.29. The van der Waals surface area contributed by atoms with E-state index in [1.807, 2.05) is 17.9 Å². The molecule has 0 radical (unpaired) electrons. The van der Waals surface area contributed by atoms with Crippen molar-refractivity contribution < 1.29 is 9.53 Å². The second-order valence-corrected chi connectivity index (χ2v) is 8.41. The van der Waals surface area contributed by atoms with Crippen molar-refractivity contribution in [2.45, 2.75) is 71.4 Å². The summed E-state index contributed by atoms with van der Waals surface area (Å²) in [7, 11) is 0. The first kappa shape index (κ1) is 19.2. The summed E-state index contributed by atoms with van der Waals surface area (Å²) < 4.78 is 6.11. The summed E-state index contributed by atoms with van der Waals surface area (Å²) in [5.41, 5.74) is 2.32. The number of ether oxygens (including phenoxy) is 1. The third kappa shape index (κ3) is 5.00. The summed E-state index contributed by atoms with van der Waals surface area (Å²) in [6, 6.07) is 6.84. The van der Waals surface area contributed by atoms with Gasteiger partial charge in [0.25, 0.3) is 5.91 Å². The Labute approximate surface area is 158 Å². The Morgan fingerprint density at radius 2 is 1.88 bits per heavy atom. The number of rotatable bonds is 7. The van der Waals surface area contributed by atoms with Crippen LogP contribution in [0.25, 0.3) is 0 Å². The lowest BCUT2D eigenvalue weighted by Crippen LogP contribution is -2.48. The number of aryl methyl sites for hydroxylation is 1. The van der Waals surface area contributed by atoms with Gasteiger partial charge in [-0.15, -0.1) is 0 Å². The SMILES string of the molecule is Cc1ccc(C(C)C)c(OC(C)C(=O)N2CCC(NCC3CC3)CC2)c1. The van der Waals surface area contributed by atoms with E-state index in [1.165, 1.54) is 18.4 Å². The molecule has 1 aliphatic carbocycles. The maximum Gasteiger partial charge on any atom is 0.263 e. The van der Waals surface area contributed by atoms with Gasteiger partial charge in [0.05, 0.1) is 0 Å². The lowest BCUT2D eigenvalue weighted by Gasteiger charge is -2.34. The molecule has 0 aromatic heterocycles. The highest BCUT2D eigenvalue weighted by Crippen LogP contribution is 2.29. The molecule has 0 bridgehead atoms. The van der Waals surface area contributed by atoms with Crippen LogP contribution in [0.2, 0.25) is 0 Å². The number of nitrogens with one attached hydrogen (secondary N) is 1. The number of benzene rings is 1. The van der Waals surface area contributed by atoms with Gasteiger partial charge in [-0.25, -0.2) is 0 Å². The molecular formula is C22H34N2O2. The van der Waals surface area contributed by atoms with Gasteiger partial charge in [0.2, 0.25) is 0 Å². The molecule has 0 spiro atoms. The Balaban J connectivity index is 1.52. The molecule has 2 fully saturated rings. The number of carbonyl (C=O) groups excluding carboxylic acids is 1. The van der Waals surface area contributed by atoms with Gasteiger partial charge in [-0.1, -0.05) is 26.0 Å². The lowest BCUT2D eigenvalue weighted by molar-refractivity contribution is -0.139. The third-order valence-electron chi connectivity index (χ3n) is 5.64. The predicted molar refractivity (Wildman–Crippen MR) is 106 cm³/mol. The van der Waals surface area contributed by atoms with E-state index < -0.39 is 6.10 Å². The molecule has 1 atom stereocenters. The molecule has 1 aromatic carbocycles. The van der Waals surface area contributed by atoms with Crippen molar-refractivity contribution in [1.82, 2.24) is 10.2 Å². The van der Waals surface area contributed by atoms with Crippen LogP contribution in [0, 0.1) is 12.8 Å². The monoisotopic (exact) mass is 358 g/mol. The summed E-state index contributed by atoms with van der Waals surface area (Å²) in [6.45, 7) is 11.1. The average molecular weight is 359 g/mol. The number of amides is 1. The molecule has 26 heavy (non-hydrogen) atoms. The summed E-state index contributed by atoms with van der Waals surface area (Å²) in [6.07, 6.45) is 4.43. The van der Waals surface area contributed by atoms with E-state index in [9.17, 15) is 4.79 Å². The number of carbonyl (C=O) groups is 1. The molecular weight excluding hydrogens is 324 g/mol. The number of hydrogen-bond acceptors (Lipinski definition) is 3. The summed E-state index contributed by atoms with van der Waals surface area (Å²) >= 11 is 0. The second kappa shape index (κ2) is 8.43. The molecule has 1 aromatic rings. The van der Waals surface area contributed by atoms with E-state index in [-0.39, 0.29) is 5.91 Å². The van der Waals surface area contributed by atoms with E-state index in [4.69, 9.17) is 4.74 Å². The van der Waals surface area contributed by atoms with Crippen LogP contribution in [-0.2, 0) is 4.79 Å². The maximum absolute atomic E-state index is 12.8. The van der Waals surface area contributed by atoms with Crippen LogP contribution in [-0.4, -0.2) is 42.6 Å². The number of piperidine rings is 1. The van der Waals surface area contributed by atoms with E-state index >= 15 is 0 Å². The van der Waals surface area contributed by atoms with Crippen molar-refractivity contribution in [3.05, 3.63) is 29.3 Å². The van der Waals surface area contributed by atoms with E-state index in [0.717, 1.165) is 49.7 Å². The van der Waals surface area contributed by atoms with Crippen LogP contribution in [0.1, 0.15) is 63.5 Å². The Kier molecular flexibility index (Phi) is 6.23. The van der Waals surface area contributed by atoms with Crippen molar-refractivity contribution in [2.24, 2.45) is 5.92 Å². The fraction of sp³-hybridized carbons (Fsp3) is 0.682. The molecule has 1 aliphatic heterocycles. The van der Waals surface area contributed by atoms with Crippen LogP contribution in [0.5, 0.6) is 5.75 Å². The van der Waals surface area contributed by atoms with Crippen LogP contribution >= 0.6 is 0 Å². The number of nitrogens with zero attached hydrogens (tertiary/aromatic N) is 1. The standard InChI is InChI=1S/C22H34N2O2/c1-15(2)20-8-5-16(3)13-21(20)26-17(4)22(25)24-11-9-19(10-12-24)23-14-18-6-7-18/h5,8,13,15,17-19,23H,6-7,9-12,14H2,1-4H3. The lowest BCUT2D eigenvalue weighted by atomic mass is 10.0. The molecule has 1 N–H and O–H groups in total. The molecule has 1 amide bonds.